The molecule has 2 atom stereocenters. The number of azo groups is 2. The zero-order chi connectivity index (χ0) is 44.4. The van der Waals surface area contributed by atoms with Crippen LogP contribution in [0.3, 0.4) is 0 Å². The zero-order valence-corrected chi connectivity index (χ0v) is 39.2. The van der Waals surface area contributed by atoms with Crippen LogP contribution in [0.15, 0.2) is 113 Å². The van der Waals surface area contributed by atoms with Crippen LogP contribution in [0.2, 0.25) is 20.1 Å². The zero-order valence-electron chi connectivity index (χ0n) is 30.7. The van der Waals surface area contributed by atoms with Gasteiger partial charge in [0.15, 0.2) is 12.1 Å². The number of hydrogen-bond acceptors (Lipinski definition) is 18. The predicted molar refractivity (Wildman–Crippen MR) is 223 cm³/mol. The van der Waals surface area contributed by atoms with Gasteiger partial charge in [-0.2, -0.15) is 47.5 Å². The monoisotopic (exact) mass is 1020 g/mol. The Morgan fingerprint density at radius 3 is 1.28 bits per heavy atom. The molecule has 0 N–H and O–H groups in total. The van der Waals surface area contributed by atoms with Crippen molar-refractivity contribution in [1.82, 2.24) is 10.0 Å². The molecule has 2 aliphatic heterocycles. The fraction of sp³-hybridized carbons (Fsp3) is 0.188. The van der Waals surface area contributed by atoms with Crippen LogP contribution >= 0.6 is 46.4 Å². The summed E-state index contributed by atoms with van der Waals surface area (Å²) < 4.78 is 113. The molecule has 0 saturated heterocycles. The SMILES string of the molecule is CC1=NN(C2=CC=CC(=S(=O)=O)C2)C(=O)C1N=Nc1cc(Cl)c(Cl)cc1S(=O)(=O)[O-].CC1=NN(C2=CC=CC(=S(=O)=O)C2)C(=O)C1N=Nc1cc(Cl)c(Cl)cc1S(=O)(=O)[O-].[Ca+2]. The first kappa shape index (κ1) is 50.1. The van der Waals surface area contributed by atoms with Crippen molar-refractivity contribution in [2.45, 2.75) is 48.6 Å². The fourth-order valence-corrected chi connectivity index (χ4v) is 8.19. The summed E-state index contributed by atoms with van der Waals surface area (Å²) in [5, 5.41) is 24.8. The summed E-state index contributed by atoms with van der Waals surface area (Å²) in [5.41, 5.74) is 0.338. The summed E-state index contributed by atoms with van der Waals surface area (Å²) in [6, 6.07) is 1.39. The van der Waals surface area contributed by atoms with Crippen LogP contribution in [0, 0.1) is 0 Å². The van der Waals surface area contributed by atoms with E-state index in [1.165, 1.54) is 50.3 Å². The maximum absolute atomic E-state index is 12.7. The summed E-state index contributed by atoms with van der Waals surface area (Å²) in [6.45, 7) is 2.99. The molecular formula is C32H22CaCl4N8O12S4. The van der Waals surface area contributed by atoms with Gasteiger partial charge < -0.3 is 9.11 Å². The Hall–Kier alpha value is -3.50. The van der Waals surface area contributed by atoms with Crippen molar-refractivity contribution in [2.75, 3.05) is 0 Å². The molecule has 0 fully saturated rings. The summed E-state index contributed by atoms with van der Waals surface area (Å²) in [5.74, 6) is -1.25. The quantitative estimate of drug-likeness (QED) is 0.152. The van der Waals surface area contributed by atoms with Gasteiger partial charge >= 0.3 is 37.7 Å². The second-order valence-electron chi connectivity index (χ2n) is 12.2. The summed E-state index contributed by atoms with van der Waals surface area (Å²) in [4.78, 5) is 24.1. The number of carbonyl (C=O) groups is 2. The third kappa shape index (κ3) is 12.0. The fourth-order valence-electron chi connectivity index (χ4n) is 5.27. The van der Waals surface area contributed by atoms with Crippen LogP contribution in [-0.4, -0.2) is 136 Å². The minimum atomic E-state index is -4.94. The van der Waals surface area contributed by atoms with Crippen molar-refractivity contribution >= 4 is 169 Å². The first-order valence-corrected chi connectivity index (χ1v) is 22.6. The Balaban J connectivity index is 0.000000264. The minimum Gasteiger partial charge on any atom is -0.744 e. The Labute approximate surface area is 399 Å². The standard InChI is InChI=1S/2C16H12Cl2N4O6S2.Ca/c2*1-8-15(16(23)22(21-8)9-3-2-4-10(5-9)29(24)25)20-19-13-6-11(17)12(18)7-14(13)30(26,27)28;/h2*2-4,6-7,15H,5H2,1H3,(H,26,27,28);/q;;+2/p-2. The van der Waals surface area contributed by atoms with E-state index in [0.29, 0.717) is 11.4 Å². The second-order valence-corrected chi connectivity index (χ2v) is 18.5. The number of rotatable bonds is 8. The van der Waals surface area contributed by atoms with E-state index in [-0.39, 0.29) is 103 Å². The maximum Gasteiger partial charge on any atom is 2.00 e. The first-order valence-electron chi connectivity index (χ1n) is 16.1. The van der Waals surface area contributed by atoms with E-state index in [2.05, 4.69) is 30.7 Å². The summed E-state index contributed by atoms with van der Waals surface area (Å²) >= 11 is 23.2. The van der Waals surface area contributed by atoms with Gasteiger partial charge in [-0.05, 0) is 62.4 Å². The third-order valence-corrected chi connectivity index (χ3v) is 12.7. The molecule has 0 spiro atoms. The van der Waals surface area contributed by atoms with E-state index < -0.39 is 74.5 Å². The van der Waals surface area contributed by atoms with E-state index >= 15 is 0 Å². The molecular weight excluding hydrogens is 999 g/mol. The molecule has 2 heterocycles. The van der Waals surface area contributed by atoms with Crippen LogP contribution in [0.4, 0.5) is 11.4 Å². The number of hydrazone groups is 2. The van der Waals surface area contributed by atoms with Crippen molar-refractivity contribution < 1.29 is 52.4 Å². The molecule has 2 aliphatic carbocycles. The molecule has 2 aromatic carbocycles. The minimum absolute atomic E-state index is 0. The normalized spacial score (nSPS) is 19.1. The van der Waals surface area contributed by atoms with Crippen LogP contribution in [-0.2, 0) is 50.4 Å². The molecule has 0 aromatic heterocycles. The summed E-state index contributed by atoms with van der Waals surface area (Å²) in [6.07, 6.45) is 8.73. The van der Waals surface area contributed by atoms with Crippen molar-refractivity contribution in [3.8, 4) is 0 Å². The average molecular weight is 1020 g/mol. The van der Waals surface area contributed by atoms with Crippen LogP contribution in [0.25, 0.3) is 0 Å². The molecule has 0 saturated carbocycles. The van der Waals surface area contributed by atoms with Gasteiger partial charge in [-0.3, -0.25) is 9.59 Å². The first-order chi connectivity index (χ1) is 28.0. The van der Waals surface area contributed by atoms with Gasteiger partial charge in [-0.1, -0.05) is 58.6 Å². The van der Waals surface area contributed by atoms with Gasteiger partial charge in [0.05, 0.1) is 62.4 Å². The number of allylic oxidation sites excluding steroid dienone is 8. The number of hydrogen-bond donors (Lipinski definition) is 0. The van der Waals surface area contributed by atoms with Gasteiger partial charge in [0.2, 0.25) is 20.6 Å². The van der Waals surface area contributed by atoms with Crippen molar-refractivity contribution in [2.24, 2.45) is 30.7 Å². The Morgan fingerprint density at radius 1 is 0.639 bits per heavy atom. The van der Waals surface area contributed by atoms with E-state index in [4.69, 9.17) is 46.4 Å². The second kappa shape index (κ2) is 20.3. The number of benzene rings is 2. The van der Waals surface area contributed by atoms with Crippen LogP contribution < -0.4 is 0 Å². The van der Waals surface area contributed by atoms with Gasteiger partial charge in [0, 0.05) is 12.8 Å². The van der Waals surface area contributed by atoms with E-state index in [0.717, 1.165) is 34.3 Å². The Bertz CT molecular complexity index is 2820. The molecule has 316 valence electrons. The smallest absolute Gasteiger partial charge is 0.744 e. The van der Waals surface area contributed by atoms with Gasteiger partial charge in [0.25, 0.3) is 11.8 Å². The predicted octanol–water partition coefficient (Wildman–Crippen LogP) is 4.55. The number of halogens is 4. The molecule has 61 heavy (non-hydrogen) atoms. The van der Waals surface area contributed by atoms with Gasteiger partial charge in [0.1, 0.15) is 31.6 Å². The van der Waals surface area contributed by atoms with E-state index in [9.17, 15) is 52.4 Å². The van der Waals surface area contributed by atoms with E-state index in [1.54, 1.807) is 0 Å². The maximum atomic E-state index is 12.7. The molecule has 6 rings (SSSR count). The topological polar surface area (TPSA) is 297 Å². The molecule has 4 aliphatic rings. The van der Waals surface area contributed by atoms with Crippen LogP contribution in [0.5, 0.6) is 0 Å². The van der Waals surface area contributed by atoms with Crippen molar-refractivity contribution in [1.29, 1.82) is 0 Å². The Morgan fingerprint density at radius 2 is 0.967 bits per heavy atom. The van der Waals surface area contributed by atoms with Crippen molar-refractivity contribution in [3.63, 3.8) is 0 Å². The average Bonchev–Trinajstić information content (AvgIpc) is 3.63. The molecule has 2 unspecified atom stereocenters. The molecule has 20 nitrogen and oxygen atoms in total. The number of amides is 2. The molecule has 0 bridgehead atoms. The third-order valence-electron chi connectivity index (χ3n) is 8.12. The Kier molecular flexibility index (Phi) is 16.7. The number of carbonyl (C=O) groups excluding carboxylic acids is 2. The van der Waals surface area contributed by atoms with Gasteiger partial charge in [-0.25, -0.2) is 26.9 Å². The molecule has 29 heteroatoms. The van der Waals surface area contributed by atoms with Crippen molar-refractivity contribution in [3.05, 3.63) is 92.2 Å². The molecule has 0 radical (unpaired) electrons. The van der Waals surface area contributed by atoms with E-state index in [1.807, 2.05) is 0 Å². The molecule has 2 aromatic rings. The van der Waals surface area contributed by atoms with Gasteiger partial charge in [-0.15, -0.1) is 0 Å². The molecule has 2 amide bonds. The summed E-state index contributed by atoms with van der Waals surface area (Å²) in [7, 11) is -14.8. The largest absolute Gasteiger partial charge is 2.00 e. The number of nitrogens with zero attached hydrogens (tertiary/aromatic N) is 8. The van der Waals surface area contributed by atoms with Crippen LogP contribution in [0.1, 0.15) is 26.7 Å².